The van der Waals surface area contributed by atoms with Crippen molar-refractivity contribution in [1.82, 2.24) is 15.1 Å². The van der Waals surface area contributed by atoms with Crippen LogP contribution in [-0.2, 0) is 11.8 Å². The van der Waals surface area contributed by atoms with E-state index in [2.05, 4.69) is 42.5 Å². The maximum absolute atomic E-state index is 5.94. The fraction of sp³-hybridized carbons (Fsp3) is 0.526. The number of nitrogens with one attached hydrogen (secondary N) is 1. The highest BCUT2D eigenvalue weighted by atomic mass is 16.5. The number of aryl methyl sites for hydroxylation is 3. The van der Waals surface area contributed by atoms with Gasteiger partial charge in [-0.2, -0.15) is 5.10 Å². The van der Waals surface area contributed by atoms with E-state index in [4.69, 9.17) is 9.47 Å². The molecule has 0 amide bonds. The summed E-state index contributed by atoms with van der Waals surface area (Å²) in [5, 5.41) is 7.76. The monoisotopic (exact) mass is 329 g/mol. The molecular formula is C19H27N3O2. The Morgan fingerprint density at radius 1 is 1.29 bits per heavy atom. The number of benzene rings is 1. The third-order valence-electron chi connectivity index (χ3n) is 4.71. The second-order valence-electron chi connectivity index (χ2n) is 6.49. The maximum atomic E-state index is 5.94. The topological polar surface area (TPSA) is 48.3 Å². The van der Waals surface area contributed by atoms with Crippen molar-refractivity contribution in [3.63, 3.8) is 0 Å². The highest BCUT2D eigenvalue weighted by molar-refractivity contribution is 5.39. The molecule has 0 spiro atoms. The zero-order chi connectivity index (χ0) is 16.9. The first-order valence-electron chi connectivity index (χ1n) is 8.66. The SMILES string of the molecule is Cc1cccc(C)c1OCCNC[C@@H]1CCO[C@H]1c1ccnn1C. The Hall–Kier alpha value is -1.85. The molecule has 3 rings (SSSR count). The Labute approximate surface area is 144 Å². The van der Waals surface area contributed by atoms with Gasteiger partial charge < -0.3 is 14.8 Å². The van der Waals surface area contributed by atoms with E-state index >= 15 is 0 Å². The number of aromatic nitrogens is 2. The minimum Gasteiger partial charge on any atom is -0.492 e. The van der Waals surface area contributed by atoms with E-state index in [0.717, 1.165) is 37.6 Å². The maximum Gasteiger partial charge on any atom is 0.125 e. The van der Waals surface area contributed by atoms with E-state index in [1.165, 1.54) is 11.1 Å². The van der Waals surface area contributed by atoms with Gasteiger partial charge in [0.15, 0.2) is 0 Å². The second-order valence-corrected chi connectivity index (χ2v) is 6.49. The number of ether oxygens (including phenoxy) is 2. The van der Waals surface area contributed by atoms with Crippen LogP contribution in [0.25, 0.3) is 0 Å². The number of para-hydroxylation sites is 1. The van der Waals surface area contributed by atoms with Crippen LogP contribution in [0.15, 0.2) is 30.5 Å². The van der Waals surface area contributed by atoms with Gasteiger partial charge in [0.05, 0.1) is 5.69 Å². The molecule has 1 aromatic carbocycles. The molecule has 1 fully saturated rings. The van der Waals surface area contributed by atoms with Crippen LogP contribution in [-0.4, -0.2) is 36.1 Å². The molecule has 0 unspecified atom stereocenters. The first-order chi connectivity index (χ1) is 11.7. The molecular weight excluding hydrogens is 302 g/mol. The number of hydrogen-bond acceptors (Lipinski definition) is 4. The molecule has 1 aliphatic rings. The minimum absolute atomic E-state index is 0.143. The van der Waals surface area contributed by atoms with Crippen molar-refractivity contribution in [2.24, 2.45) is 13.0 Å². The zero-order valence-electron chi connectivity index (χ0n) is 14.8. The van der Waals surface area contributed by atoms with Crippen LogP contribution in [0.1, 0.15) is 29.3 Å². The van der Waals surface area contributed by atoms with Crippen LogP contribution in [0.3, 0.4) is 0 Å². The van der Waals surface area contributed by atoms with E-state index in [1.807, 2.05) is 24.0 Å². The molecule has 0 bridgehead atoms. The summed E-state index contributed by atoms with van der Waals surface area (Å²) in [6.45, 7) is 7.44. The van der Waals surface area contributed by atoms with Gasteiger partial charge in [-0.1, -0.05) is 18.2 Å². The van der Waals surface area contributed by atoms with Gasteiger partial charge in [0.25, 0.3) is 0 Å². The smallest absolute Gasteiger partial charge is 0.125 e. The molecule has 1 aromatic heterocycles. The third-order valence-corrected chi connectivity index (χ3v) is 4.71. The lowest BCUT2D eigenvalue weighted by Gasteiger charge is -2.19. The molecule has 5 nitrogen and oxygen atoms in total. The molecule has 1 aliphatic heterocycles. The second kappa shape index (κ2) is 7.81. The highest BCUT2D eigenvalue weighted by Gasteiger charge is 2.31. The largest absolute Gasteiger partial charge is 0.492 e. The van der Waals surface area contributed by atoms with Gasteiger partial charge in [0, 0.05) is 38.9 Å². The first-order valence-corrected chi connectivity index (χ1v) is 8.66. The Balaban J connectivity index is 1.44. The predicted octanol–water partition coefficient (Wildman–Crippen LogP) is 2.78. The average molecular weight is 329 g/mol. The summed E-state index contributed by atoms with van der Waals surface area (Å²) in [6.07, 6.45) is 3.06. The molecule has 0 aliphatic carbocycles. The van der Waals surface area contributed by atoms with Crippen LogP contribution in [0.5, 0.6) is 5.75 Å². The van der Waals surface area contributed by atoms with Crippen LogP contribution < -0.4 is 10.1 Å². The predicted molar refractivity (Wildman–Crippen MR) is 94.3 cm³/mol. The Morgan fingerprint density at radius 2 is 2.08 bits per heavy atom. The summed E-state index contributed by atoms with van der Waals surface area (Å²) in [4.78, 5) is 0. The average Bonchev–Trinajstić information content (AvgIpc) is 3.18. The zero-order valence-corrected chi connectivity index (χ0v) is 14.8. The van der Waals surface area contributed by atoms with Gasteiger partial charge in [-0.25, -0.2) is 0 Å². The van der Waals surface area contributed by atoms with E-state index in [0.29, 0.717) is 12.5 Å². The van der Waals surface area contributed by atoms with Crippen LogP contribution in [0, 0.1) is 19.8 Å². The lowest BCUT2D eigenvalue weighted by atomic mass is 9.99. The van der Waals surface area contributed by atoms with E-state index < -0.39 is 0 Å². The summed E-state index contributed by atoms with van der Waals surface area (Å²) in [5.74, 6) is 1.50. The van der Waals surface area contributed by atoms with Crippen molar-refractivity contribution in [3.8, 4) is 5.75 Å². The summed E-state index contributed by atoms with van der Waals surface area (Å²) < 4.78 is 13.8. The number of nitrogens with zero attached hydrogens (tertiary/aromatic N) is 2. The fourth-order valence-electron chi connectivity index (χ4n) is 3.37. The van der Waals surface area contributed by atoms with Crippen LogP contribution in [0.2, 0.25) is 0 Å². The first kappa shape index (κ1) is 17.0. The number of hydrogen-bond donors (Lipinski definition) is 1. The lowest BCUT2D eigenvalue weighted by molar-refractivity contribution is 0.0836. The third kappa shape index (κ3) is 3.79. The lowest BCUT2D eigenvalue weighted by Crippen LogP contribution is -2.29. The molecule has 1 saturated heterocycles. The quantitative estimate of drug-likeness (QED) is 0.794. The van der Waals surface area contributed by atoms with Gasteiger partial charge in [0.1, 0.15) is 18.5 Å². The van der Waals surface area contributed by atoms with Crippen molar-refractivity contribution in [2.75, 3.05) is 26.3 Å². The Kier molecular flexibility index (Phi) is 5.53. The Morgan fingerprint density at radius 3 is 2.79 bits per heavy atom. The van der Waals surface area contributed by atoms with Crippen molar-refractivity contribution in [2.45, 2.75) is 26.4 Å². The Bertz CT molecular complexity index is 648. The molecule has 24 heavy (non-hydrogen) atoms. The molecule has 1 N–H and O–H groups in total. The summed E-state index contributed by atoms with van der Waals surface area (Å²) in [7, 11) is 1.97. The standard InChI is InChI=1S/C19H27N3O2/c1-14-5-4-6-15(2)18(14)24-12-10-20-13-16-8-11-23-19(16)17-7-9-21-22(17)3/h4-7,9,16,19-20H,8,10-13H2,1-3H3/t16-,19+/m0/s1. The minimum atomic E-state index is 0.143. The molecule has 2 heterocycles. The molecule has 0 radical (unpaired) electrons. The summed E-state index contributed by atoms with van der Waals surface area (Å²) in [5.41, 5.74) is 3.54. The van der Waals surface area contributed by atoms with Gasteiger partial charge >= 0.3 is 0 Å². The van der Waals surface area contributed by atoms with Crippen molar-refractivity contribution in [1.29, 1.82) is 0 Å². The highest BCUT2D eigenvalue weighted by Crippen LogP contribution is 2.33. The molecule has 5 heteroatoms. The summed E-state index contributed by atoms with van der Waals surface area (Å²) in [6, 6.07) is 8.29. The summed E-state index contributed by atoms with van der Waals surface area (Å²) >= 11 is 0. The molecule has 2 atom stereocenters. The van der Waals surface area contributed by atoms with E-state index in [1.54, 1.807) is 0 Å². The number of rotatable bonds is 7. The normalized spacial score (nSPS) is 20.5. The van der Waals surface area contributed by atoms with Gasteiger partial charge in [-0.15, -0.1) is 0 Å². The van der Waals surface area contributed by atoms with Crippen molar-refractivity contribution < 1.29 is 9.47 Å². The van der Waals surface area contributed by atoms with Crippen molar-refractivity contribution >= 4 is 0 Å². The van der Waals surface area contributed by atoms with Crippen molar-refractivity contribution in [3.05, 3.63) is 47.3 Å². The van der Waals surface area contributed by atoms with E-state index in [-0.39, 0.29) is 6.10 Å². The van der Waals surface area contributed by atoms with E-state index in [9.17, 15) is 0 Å². The van der Waals surface area contributed by atoms with Gasteiger partial charge in [-0.3, -0.25) is 4.68 Å². The molecule has 130 valence electrons. The fourth-order valence-corrected chi connectivity index (χ4v) is 3.37. The molecule has 0 saturated carbocycles. The molecule has 2 aromatic rings. The van der Waals surface area contributed by atoms with Crippen LogP contribution >= 0.6 is 0 Å². The van der Waals surface area contributed by atoms with Gasteiger partial charge in [0.2, 0.25) is 0 Å². The van der Waals surface area contributed by atoms with Gasteiger partial charge in [-0.05, 0) is 37.5 Å². The van der Waals surface area contributed by atoms with Crippen LogP contribution in [0.4, 0.5) is 0 Å².